The third-order valence-electron chi connectivity index (χ3n) is 5.30. The molecule has 3 aromatic rings. The van der Waals surface area contributed by atoms with Gasteiger partial charge in [0, 0.05) is 0 Å². The van der Waals surface area contributed by atoms with Crippen molar-refractivity contribution in [3.8, 4) is 11.1 Å². The van der Waals surface area contributed by atoms with Crippen molar-refractivity contribution in [1.29, 1.82) is 0 Å². The van der Waals surface area contributed by atoms with Crippen LogP contribution in [0.5, 0.6) is 0 Å². The van der Waals surface area contributed by atoms with E-state index >= 15 is 0 Å². The maximum atomic E-state index is 2.33. The molecule has 0 aliphatic heterocycles. The molecule has 0 saturated heterocycles. The van der Waals surface area contributed by atoms with Crippen molar-refractivity contribution in [2.24, 2.45) is 0 Å². The Morgan fingerprint density at radius 2 is 1.37 bits per heavy atom. The molecule has 0 spiro atoms. The number of rotatable bonds is 2. The zero-order chi connectivity index (χ0) is 16.8. The van der Waals surface area contributed by atoms with E-state index in [0.717, 1.165) is 6.42 Å². The second-order valence-corrected chi connectivity index (χ2v) is 8.07. The average Bonchev–Trinajstić information content (AvgIpc) is 3.27. The van der Waals surface area contributed by atoms with Crippen LogP contribution >= 0.6 is 0 Å². The van der Waals surface area contributed by atoms with Gasteiger partial charge in [-0.25, -0.2) is 0 Å². The van der Waals surface area contributed by atoms with Gasteiger partial charge in [-0.1, -0.05) is 0 Å². The first kappa shape index (κ1) is 20.3. The standard InChI is InChI=1S/C24H17.2ClH.Zr/c1-2-8-17(9-3-1)19-12-6-13-21(19)23-15-7-14-22-20-11-5-4-10-18(20)16-24(22)23;;;/h1-12,14-16H,13H2;2*1H;/q;;;+2/p-2. The summed E-state index contributed by atoms with van der Waals surface area (Å²) in [6.45, 7) is 0. The Balaban J connectivity index is 0.00000105. The molecule has 2 aliphatic carbocycles. The SMILES string of the molecule is [Cl-].[Cl-].[Zr+2][CH]1c2ccccc2-c2cccc(C3=C(c4ccccc4)C=CC3)c21. The molecule has 27 heavy (non-hydrogen) atoms. The molecule has 0 nitrogen and oxygen atoms in total. The Bertz CT molecular complexity index is 1040. The van der Waals surface area contributed by atoms with Crippen molar-refractivity contribution in [2.75, 3.05) is 0 Å². The van der Waals surface area contributed by atoms with Gasteiger partial charge in [0.25, 0.3) is 0 Å². The normalized spacial score (nSPS) is 16.4. The van der Waals surface area contributed by atoms with Gasteiger partial charge < -0.3 is 24.8 Å². The molecule has 0 heterocycles. The van der Waals surface area contributed by atoms with E-state index in [9.17, 15) is 0 Å². The fourth-order valence-electron chi connectivity index (χ4n) is 4.17. The van der Waals surface area contributed by atoms with Crippen molar-refractivity contribution < 1.29 is 49.5 Å². The van der Waals surface area contributed by atoms with Crippen molar-refractivity contribution in [1.82, 2.24) is 0 Å². The van der Waals surface area contributed by atoms with Crippen LogP contribution in [-0.4, -0.2) is 0 Å². The zero-order valence-electron chi connectivity index (χ0n) is 14.6. The summed E-state index contributed by atoms with van der Waals surface area (Å²) in [6.07, 6.45) is 5.63. The van der Waals surface area contributed by atoms with E-state index in [2.05, 4.69) is 84.9 Å². The molecular formula is C24H17Cl2Zr. The van der Waals surface area contributed by atoms with Gasteiger partial charge in [0.2, 0.25) is 0 Å². The molecule has 0 fully saturated rings. The van der Waals surface area contributed by atoms with Crippen LogP contribution in [0.3, 0.4) is 0 Å². The first-order valence-corrected chi connectivity index (χ1v) is 10.2. The predicted octanol–water partition coefficient (Wildman–Crippen LogP) is 0.182. The van der Waals surface area contributed by atoms with Crippen LogP contribution in [-0.2, 0) is 24.7 Å². The molecule has 2 aliphatic rings. The van der Waals surface area contributed by atoms with Crippen LogP contribution in [0.15, 0.2) is 84.9 Å². The minimum atomic E-state index is 0. The quantitative estimate of drug-likeness (QED) is 0.505. The summed E-state index contributed by atoms with van der Waals surface area (Å²) in [7, 11) is 0. The summed E-state index contributed by atoms with van der Waals surface area (Å²) in [5.74, 6) is 0. The average molecular weight is 468 g/mol. The number of hydrogen-bond donors (Lipinski definition) is 0. The third-order valence-corrected chi connectivity index (χ3v) is 6.77. The van der Waals surface area contributed by atoms with Crippen molar-refractivity contribution in [3.05, 3.63) is 107 Å². The van der Waals surface area contributed by atoms with Gasteiger partial charge in [-0.05, 0) is 0 Å². The van der Waals surface area contributed by atoms with Crippen LogP contribution in [0.25, 0.3) is 22.3 Å². The first-order valence-electron chi connectivity index (χ1n) is 8.73. The Morgan fingerprint density at radius 3 is 2.19 bits per heavy atom. The fourth-order valence-corrected chi connectivity index (χ4v) is 5.56. The molecule has 0 bridgehead atoms. The van der Waals surface area contributed by atoms with E-state index in [1.807, 2.05) is 0 Å². The van der Waals surface area contributed by atoms with Gasteiger partial charge in [-0.2, -0.15) is 0 Å². The molecule has 0 aromatic heterocycles. The Morgan fingerprint density at radius 1 is 0.704 bits per heavy atom. The molecule has 1 atom stereocenters. The Labute approximate surface area is 188 Å². The van der Waals surface area contributed by atoms with Crippen molar-refractivity contribution >= 4 is 11.1 Å². The number of halogens is 2. The molecule has 0 radical (unpaired) electrons. The van der Waals surface area contributed by atoms with Gasteiger partial charge >= 0.3 is 164 Å². The van der Waals surface area contributed by atoms with Crippen LogP contribution in [0, 0.1) is 0 Å². The molecule has 3 aromatic carbocycles. The van der Waals surface area contributed by atoms with Crippen LogP contribution in [0.4, 0.5) is 0 Å². The molecule has 0 N–H and O–H groups in total. The van der Waals surface area contributed by atoms with Gasteiger partial charge in [-0.15, -0.1) is 0 Å². The monoisotopic (exact) mass is 465 g/mol. The van der Waals surface area contributed by atoms with Gasteiger partial charge in [0.1, 0.15) is 0 Å². The maximum absolute atomic E-state index is 2.33. The number of allylic oxidation sites excluding steroid dienone is 4. The molecule has 1 unspecified atom stereocenters. The van der Waals surface area contributed by atoms with E-state index < -0.39 is 0 Å². The topological polar surface area (TPSA) is 0 Å². The van der Waals surface area contributed by atoms with Gasteiger partial charge in [0.05, 0.1) is 0 Å². The molecule has 0 saturated carbocycles. The number of benzene rings is 3. The van der Waals surface area contributed by atoms with Crippen molar-refractivity contribution in [3.63, 3.8) is 0 Å². The van der Waals surface area contributed by atoms with Crippen LogP contribution < -0.4 is 24.8 Å². The van der Waals surface area contributed by atoms with Crippen molar-refractivity contribution in [2.45, 2.75) is 10.0 Å². The van der Waals surface area contributed by atoms with Crippen LogP contribution in [0.2, 0.25) is 0 Å². The Hall–Kier alpha value is -1.40. The second kappa shape index (κ2) is 8.31. The summed E-state index contributed by atoms with van der Waals surface area (Å²) in [4.78, 5) is 0. The summed E-state index contributed by atoms with van der Waals surface area (Å²) < 4.78 is 0.541. The summed E-state index contributed by atoms with van der Waals surface area (Å²) >= 11 is 1.57. The molecule has 3 heteroatoms. The molecule has 5 rings (SSSR count). The third kappa shape index (κ3) is 3.31. The Kier molecular flexibility index (Phi) is 6.26. The van der Waals surface area contributed by atoms with E-state index in [-0.39, 0.29) is 24.8 Å². The number of fused-ring (bicyclic) bond motifs is 3. The zero-order valence-corrected chi connectivity index (χ0v) is 18.6. The van der Waals surface area contributed by atoms with E-state index in [1.54, 1.807) is 24.7 Å². The summed E-state index contributed by atoms with van der Waals surface area (Å²) in [5, 5.41) is 0. The first-order chi connectivity index (χ1) is 12.3. The predicted molar refractivity (Wildman–Crippen MR) is 101 cm³/mol. The molecule has 0 amide bonds. The molecular weight excluding hydrogens is 450 g/mol. The fraction of sp³-hybridized carbons (Fsp3) is 0.0833. The molecule has 131 valence electrons. The van der Waals surface area contributed by atoms with Gasteiger partial charge in [-0.3, -0.25) is 0 Å². The van der Waals surface area contributed by atoms with Crippen LogP contribution in [0.1, 0.15) is 32.3 Å². The van der Waals surface area contributed by atoms with E-state index in [0.29, 0.717) is 3.63 Å². The minimum absolute atomic E-state index is 0. The van der Waals surface area contributed by atoms with Gasteiger partial charge in [0.15, 0.2) is 0 Å². The summed E-state index contributed by atoms with van der Waals surface area (Å²) in [5.41, 5.74) is 11.5. The van der Waals surface area contributed by atoms with E-state index in [4.69, 9.17) is 0 Å². The number of hydrogen-bond acceptors (Lipinski definition) is 0. The van der Waals surface area contributed by atoms with E-state index in [1.165, 1.54) is 44.5 Å². The summed E-state index contributed by atoms with van der Waals surface area (Å²) in [6, 6.07) is 26.6. The second-order valence-electron chi connectivity index (χ2n) is 6.65.